The van der Waals surface area contributed by atoms with E-state index in [1.165, 1.54) is 0 Å². The summed E-state index contributed by atoms with van der Waals surface area (Å²) in [5.41, 5.74) is 7.46. The molecule has 104 valence electrons. The van der Waals surface area contributed by atoms with Gasteiger partial charge in [0.1, 0.15) is 5.75 Å². The first-order valence-corrected chi connectivity index (χ1v) is 7.23. The molecule has 0 unspecified atom stereocenters. The zero-order valence-corrected chi connectivity index (χ0v) is 12.8. The van der Waals surface area contributed by atoms with Crippen molar-refractivity contribution in [3.05, 3.63) is 58.1 Å². The molecule has 0 saturated carbocycles. The molecule has 0 bridgehead atoms. The molecular formula is C16H16BrNO2. The number of carbonyl (C=O) groups is 1. The topological polar surface area (TPSA) is 52.3 Å². The number of halogens is 1. The molecule has 0 aliphatic heterocycles. The highest BCUT2D eigenvalue weighted by Crippen LogP contribution is 2.22. The number of hydrogen-bond donors (Lipinski definition) is 1. The summed E-state index contributed by atoms with van der Waals surface area (Å²) in [6.45, 7) is 2.72. The van der Waals surface area contributed by atoms with Crippen LogP contribution in [-0.2, 0) is 0 Å². The molecule has 0 heterocycles. The second-order valence-electron chi connectivity index (χ2n) is 4.43. The first-order chi connectivity index (χ1) is 9.61. The summed E-state index contributed by atoms with van der Waals surface area (Å²) in [5.74, 6) is 0.684. The van der Waals surface area contributed by atoms with Crippen LogP contribution in [0.5, 0.6) is 5.75 Å². The highest BCUT2D eigenvalue weighted by molar-refractivity contribution is 9.10. The van der Waals surface area contributed by atoms with Gasteiger partial charge in [-0.3, -0.25) is 4.79 Å². The molecule has 20 heavy (non-hydrogen) atoms. The Morgan fingerprint density at radius 1 is 1.20 bits per heavy atom. The van der Waals surface area contributed by atoms with Gasteiger partial charge in [0.25, 0.3) is 0 Å². The van der Waals surface area contributed by atoms with Gasteiger partial charge in [-0.15, -0.1) is 0 Å². The summed E-state index contributed by atoms with van der Waals surface area (Å²) in [4.78, 5) is 12.4. The van der Waals surface area contributed by atoms with Gasteiger partial charge >= 0.3 is 0 Å². The van der Waals surface area contributed by atoms with Gasteiger partial charge in [-0.25, -0.2) is 0 Å². The smallest absolute Gasteiger partial charge is 0.195 e. The van der Waals surface area contributed by atoms with Crippen LogP contribution in [0, 0.1) is 0 Å². The van der Waals surface area contributed by atoms with Crippen LogP contribution in [0.2, 0.25) is 0 Å². The zero-order chi connectivity index (χ0) is 14.5. The van der Waals surface area contributed by atoms with Crippen molar-refractivity contribution in [1.82, 2.24) is 0 Å². The molecule has 0 aliphatic carbocycles. The van der Waals surface area contributed by atoms with E-state index in [9.17, 15) is 4.79 Å². The van der Waals surface area contributed by atoms with Crippen LogP contribution in [-0.4, -0.2) is 12.4 Å². The van der Waals surface area contributed by atoms with E-state index in [1.54, 1.807) is 36.4 Å². The van der Waals surface area contributed by atoms with Crippen LogP contribution in [0.1, 0.15) is 29.3 Å². The Morgan fingerprint density at radius 2 is 1.90 bits per heavy atom. The Hall–Kier alpha value is -1.81. The molecule has 0 spiro atoms. The highest BCUT2D eigenvalue weighted by Gasteiger charge is 2.12. The lowest BCUT2D eigenvalue weighted by Crippen LogP contribution is -2.05. The van der Waals surface area contributed by atoms with E-state index in [-0.39, 0.29) is 5.78 Å². The first-order valence-electron chi connectivity index (χ1n) is 6.44. The molecule has 2 rings (SSSR count). The number of hydrogen-bond acceptors (Lipinski definition) is 3. The number of nitrogens with two attached hydrogens (primary N) is 1. The molecule has 0 saturated heterocycles. The van der Waals surface area contributed by atoms with Crippen LogP contribution < -0.4 is 10.5 Å². The Kier molecular flexibility index (Phi) is 4.79. The van der Waals surface area contributed by atoms with Gasteiger partial charge in [0, 0.05) is 21.3 Å². The number of anilines is 1. The molecule has 0 aliphatic rings. The van der Waals surface area contributed by atoms with Crippen molar-refractivity contribution in [2.45, 2.75) is 13.3 Å². The van der Waals surface area contributed by atoms with Crippen LogP contribution in [0.3, 0.4) is 0 Å². The molecule has 2 aromatic carbocycles. The van der Waals surface area contributed by atoms with Gasteiger partial charge in [0.05, 0.1) is 6.61 Å². The largest absolute Gasteiger partial charge is 0.494 e. The lowest BCUT2D eigenvalue weighted by molar-refractivity contribution is 0.103. The van der Waals surface area contributed by atoms with Crippen molar-refractivity contribution < 1.29 is 9.53 Å². The van der Waals surface area contributed by atoms with Gasteiger partial charge in [0.15, 0.2) is 5.78 Å². The molecule has 0 atom stereocenters. The number of ether oxygens (including phenoxy) is 1. The number of ketones is 1. The Bertz CT molecular complexity index is 608. The summed E-state index contributed by atoms with van der Waals surface area (Å²) >= 11 is 3.33. The summed E-state index contributed by atoms with van der Waals surface area (Å²) < 4.78 is 6.35. The average molecular weight is 334 g/mol. The normalized spacial score (nSPS) is 10.3. The summed E-state index contributed by atoms with van der Waals surface area (Å²) in [7, 11) is 0. The molecule has 0 aromatic heterocycles. The molecule has 0 radical (unpaired) electrons. The van der Waals surface area contributed by atoms with E-state index in [2.05, 4.69) is 15.9 Å². The Balaban J connectivity index is 2.20. The maximum absolute atomic E-state index is 12.4. The summed E-state index contributed by atoms with van der Waals surface area (Å²) in [6.07, 6.45) is 0.954. The maximum atomic E-state index is 12.4. The molecule has 0 amide bonds. The van der Waals surface area contributed by atoms with E-state index in [4.69, 9.17) is 10.5 Å². The number of carbonyl (C=O) groups excluding carboxylic acids is 1. The molecule has 2 aromatic rings. The number of rotatable bonds is 5. The molecular weight excluding hydrogens is 318 g/mol. The fourth-order valence-electron chi connectivity index (χ4n) is 1.82. The van der Waals surface area contributed by atoms with Gasteiger partial charge in [-0.2, -0.15) is 0 Å². The van der Waals surface area contributed by atoms with Crippen molar-refractivity contribution in [3.63, 3.8) is 0 Å². The van der Waals surface area contributed by atoms with Crippen molar-refractivity contribution >= 4 is 27.4 Å². The minimum atomic E-state index is -0.0861. The van der Waals surface area contributed by atoms with Gasteiger partial charge in [0.2, 0.25) is 0 Å². The Labute approximate surface area is 126 Å². The van der Waals surface area contributed by atoms with Crippen molar-refractivity contribution in [3.8, 4) is 5.75 Å². The second kappa shape index (κ2) is 6.57. The lowest BCUT2D eigenvalue weighted by atomic mass is 10.0. The summed E-state index contributed by atoms with van der Waals surface area (Å²) in [6, 6.07) is 12.4. The van der Waals surface area contributed by atoms with E-state index < -0.39 is 0 Å². The SMILES string of the molecule is CCCOc1ccc(C(=O)c2ccc(Br)cc2N)cc1. The zero-order valence-electron chi connectivity index (χ0n) is 11.2. The van der Waals surface area contributed by atoms with Crippen LogP contribution >= 0.6 is 15.9 Å². The van der Waals surface area contributed by atoms with Gasteiger partial charge < -0.3 is 10.5 Å². The van der Waals surface area contributed by atoms with Gasteiger partial charge in [-0.1, -0.05) is 22.9 Å². The highest BCUT2D eigenvalue weighted by atomic mass is 79.9. The summed E-state index contributed by atoms with van der Waals surface area (Å²) in [5, 5.41) is 0. The van der Waals surface area contributed by atoms with Crippen LogP contribution in [0.25, 0.3) is 0 Å². The van der Waals surface area contributed by atoms with Crippen molar-refractivity contribution in [2.75, 3.05) is 12.3 Å². The maximum Gasteiger partial charge on any atom is 0.195 e. The molecule has 2 N–H and O–H groups in total. The van der Waals surface area contributed by atoms with Crippen LogP contribution in [0.15, 0.2) is 46.9 Å². The standard InChI is InChI=1S/C16H16BrNO2/c1-2-9-20-13-6-3-11(4-7-13)16(19)14-8-5-12(17)10-15(14)18/h3-8,10H,2,9,18H2,1H3. The average Bonchev–Trinajstić information content (AvgIpc) is 2.45. The van der Waals surface area contributed by atoms with E-state index >= 15 is 0 Å². The van der Waals surface area contributed by atoms with E-state index in [0.717, 1.165) is 16.6 Å². The van der Waals surface area contributed by atoms with Crippen molar-refractivity contribution in [2.24, 2.45) is 0 Å². The number of nitrogen functional groups attached to an aromatic ring is 1. The first kappa shape index (κ1) is 14.6. The Morgan fingerprint density at radius 3 is 2.50 bits per heavy atom. The van der Waals surface area contributed by atoms with Crippen LogP contribution in [0.4, 0.5) is 5.69 Å². The van der Waals surface area contributed by atoms with E-state index in [1.807, 2.05) is 13.0 Å². The van der Waals surface area contributed by atoms with Gasteiger partial charge in [-0.05, 0) is 48.9 Å². The lowest BCUT2D eigenvalue weighted by Gasteiger charge is -2.07. The molecule has 4 heteroatoms. The minimum absolute atomic E-state index is 0.0861. The predicted molar refractivity (Wildman–Crippen MR) is 84.2 cm³/mol. The fourth-order valence-corrected chi connectivity index (χ4v) is 2.20. The van der Waals surface area contributed by atoms with E-state index in [0.29, 0.717) is 23.4 Å². The second-order valence-corrected chi connectivity index (χ2v) is 5.35. The molecule has 3 nitrogen and oxygen atoms in total. The quantitative estimate of drug-likeness (QED) is 0.663. The van der Waals surface area contributed by atoms with Crippen molar-refractivity contribution in [1.29, 1.82) is 0 Å². The third kappa shape index (κ3) is 3.39. The fraction of sp³-hybridized carbons (Fsp3) is 0.188. The monoisotopic (exact) mass is 333 g/mol. The molecule has 0 fully saturated rings. The number of benzene rings is 2. The third-order valence-corrected chi connectivity index (χ3v) is 3.34. The third-order valence-electron chi connectivity index (χ3n) is 2.85. The minimum Gasteiger partial charge on any atom is -0.494 e. The predicted octanol–water partition coefficient (Wildman–Crippen LogP) is 4.05.